The SMILES string of the molecule is COc1ccc2c(c1)C(C)(C)C(c1cnn(-c3ccc(C(=O)O)cc3)c1)=N2. The Hall–Kier alpha value is -3.41. The van der Waals surface area contributed by atoms with Crippen LogP contribution in [0.25, 0.3) is 5.69 Å². The fourth-order valence-electron chi connectivity index (χ4n) is 3.40. The first kappa shape index (κ1) is 17.0. The van der Waals surface area contributed by atoms with Gasteiger partial charge in [-0.15, -0.1) is 0 Å². The van der Waals surface area contributed by atoms with Crippen LogP contribution in [-0.4, -0.2) is 33.7 Å². The average Bonchev–Trinajstić information content (AvgIpc) is 3.24. The highest BCUT2D eigenvalue weighted by atomic mass is 16.5. The van der Waals surface area contributed by atoms with Crippen molar-refractivity contribution in [2.24, 2.45) is 4.99 Å². The summed E-state index contributed by atoms with van der Waals surface area (Å²) < 4.78 is 7.08. The highest BCUT2D eigenvalue weighted by Crippen LogP contribution is 2.43. The van der Waals surface area contributed by atoms with Crippen LogP contribution in [0.2, 0.25) is 0 Å². The second-order valence-corrected chi connectivity index (χ2v) is 6.99. The maximum atomic E-state index is 11.0. The van der Waals surface area contributed by atoms with Gasteiger partial charge in [0.05, 0.1) is 36.0 Å². The number of hydrogen-bond acceptors (Lipinski definition) is 4. The minimum absolute atomic E-state index is 0.247. The molecule has 136 valence electrons. The molecule has 1 aliphatic rings. The Morgan fingerprint density at radius 2 is 1.89 bits per heavy atom. The van der Waals surface area contributed by atoms with Crippen molar-refractivity contribution in [3.05, 3.63) is 71.5 Å². The normalized spacial score (nSPS) is 14.6. The molecule has 0 amide bonds. The number of aromatic carboxylic acids is 1. The Balaban J connectivity index is 1.68. The minimum atomic E-state index is -0.946. The number of aliphatic imine (C=N–C) groups is 1. The predicted molar refractivity (Wildman–Crippen MR) is 103 cm³/mol. The summed E-state index contributed by atoms with van der Waals surface area (Å²) in [6.07, 6.45) is 3.70. The number of carbonyl (C=O) groups is 1. The second kappa shape index (κ2) is 6.09. The third-order valence-corrected chi connectivity index (χ3v) is 4.94. The molecule has 0 atom stereocenters. The van der Waals surface area contributed by atoms with Crippen molar-refractivity contribution in [2.45, 2.75) is 19.3 Å². The van der Waals surface area contributed by atoms with Crippen LogP contribution < -0.4 is 4.74 Å². The molecule has 2 aromatic carbocycles. The molecule has 2 heterocycles. The van der Waals surface area contributed by atoms with Gasteiger partial charge in [-0.3, -0.25) is 4.99 Å². The van der Waals surface area contributed by atoms with Gasteiger partial charge in [0.15, 0.2) is 0 Å². The molecular weight excluding hydrogens is 342 g/mol. The van der Waals surface area contributed by atoms with Gasteiger partial charge in [-0.1, -0.05) is 13.8 Å². The Morgan fingerprint density at radius 1 is 1.15 bits per heavy atom. The molecule has 0 unspecified atom stereocenters. The van der Waals surface area contributed by atoms with Gasteiger partial charge in [0.25, 0.3) is 0 Å². The highest BCUT2D eigenvalue weighted by molar-refractivity contribution is 6.12. The van der Waals surface area contributed by atoms with E-state index in [-0.39, 0.29) is 11.0 Å². The van der Waals surface area contributed by atoms with E-state index in [0.29, 0.717) is 0 Å². The van der Waals surface area contributed by atoms with Crippen molar-refractivity contribution in [2.75, 3.05) is 7.11 Å². The summed E-state index contributed by atoms with van der Waals surface area (Å²) in [6, 6.07) is 12.5. The maximum absolute atomic E-state index is 11.0. The number of benzene rings is 2. The lowest BCUT2D eigenvalue weighted by Crippen LogP contribution is -2.26. The average molecular weight is 361 g/mol. The number of carboxylic acid groups (broad SMARTS) is 1. The van der Waals surface area contributed by atoms with Crippen LogP contribution >= 0.6 is 0 Å². The molecule has 1 aromatic heterocycles. The lowest BCUT2D eigenvalue weighted by molar-refractivity contribution is 0.0697. The first-order chi connectivity index (χ1) is 12.9. The number of aromatic nitrogens is 2. The van der Waals surface area contributed by atoms with E-state index in [1.807, 2.05) is 24.4 Å². The molecule has 6 nitrogen and oxygen atoms in total. The number of hydrogen-bond donors (Lipinski definition) is 1. The molecule has 0 bridgehead atoms. The highest BCUT2D eigenvalue weighted by Gasteiger charge is 2.36. The number of rotatable bonds is 4. The quantitative estimate of drug-likeness (QED) is 0.762. The molecule has 6 heteroatoms. The Bertz CT molecular complexity index is 1060. The van der Waals surface area contributed by atoms with Crippen LogP contribution in [0.4, 0.5) is 5.69 Å². The molecule has 0 saturated carbocycles. The van der Waals surface area contributed by atoms with Gasteiger partial charge in [0.2, 0.25) is 0 Å². The van der Waals surface area contributed by atoms with E-state index >= 15 is 0 Å². The Kier molecular flexibility index (Phi) is 3.84. The van der Waals surface area contributed by atoms with Crippen LogP contribution in [0.5, 0.6) is 5.75 Å². The zero-order valence-corrected chi connectivity index (χ0v) is 15.3. The summed E-state index contributed by atoms with van der Waals surface area (Å²) in [5.74, 6) is -0.134. The molecule has 1 aliphatic heterocycles. The van der Waals surface area contributed by atoms with E-state index in [2.05, 4.69) is 18.9 Å². The molecular formula is C21H19N3O3. The summed E-state index contributed by atoms with van der Waals surface area (Å²) in [5, 5.41) is 13.5. The zero-order chi connectivity index (χ0) is 19.2. The van der Waals surface area contributed by atoms with Gasteiger partial charge in [0.1, 0.15) is 5.75 Å². The smallest absolute Gasteiger partial charge is 0.335 e. The predicted octanol–water partition coefficient (Wildman–Crippen LogP) is 3.99. The van der Waals surface area contributed by atoms with Crippen molar-refractivity contribution in [1.29, 1.82) is 0 Å². The van der Waals surface area contributed by atoms with Gasteiger partial charge in [-0.05, 0) is 48.0 Å². The van der Waals surface area contributed by atoms with Crippen molar-refractivity contribution in [3.63, 3.8) is 0 Å². The fraction of sp³-hybridized carbons (Fsp3) is 0.190. The van der Waals surface area contributed by atoms with Gasteiger partial charge in [-0.25, -0.2) is 9.48 Å². The number of nitrogens with zero attached hydrogens (tertiary/aromatic N) is 3. The number of carboxylic acids is 1. The number of methoxy groups -OCH3 is 1. The van der Waals surface area contributed by atoms with Crippen LogP contribution in [-0.2, 0) is 5.41 Å². The van der Waals surface area contributed by atoms with Crippen LogP contribution in [0, 0.1) is 0 Å². The third-order valence-electron chi connectivity index (χ3n) is 4.94. The molecule has 27 heavy (non-hydrogen) atoms. The number of fused-ring (bicyclic) bond motifs is 1. The monoisotopic (exact) mass is 361 g/mol. The summed E-state index contributed by atoms with van der Waals surface area (Å²) >= 11 is 0. The van der Waals surface area contributed by atoms with Crippen molar-refractivity contribution in [1.82, 2.24) is 9.78 Å². The van der Waals surface area contributed by atoms with E-state index in [1.165, 1.54) is 0 Å². The summed E-state index contributed by atoms with van der Waals surface area (Å²) in [7, 11) is 1.66. The minimum Gasteiger partial charge on any atom is -0.497 e. The molecule has 0 fully saturated rings. The molecule has 3 aromatic rings. The zero-order valence-electron chi connectivity index (χ0n) is 15.3. The Morgan fingerprint density at radius 3 is 2.56 bits per heavy atom. The van der Waals surface area contributed by atoms with Crippen LogP contribution in [0.1, 0.15) is 35.3 Å². The summed E-state index contributed by atoms with van der Waals surface area (Å²) in [5.41, 5.74) is 4.70. The van der Waals surface area contributed by atoms with E-state index in [9.17, 15) is 4.79 Å². The van der Waals surface area contributed by atoms with E-state index < -0.39 is 5.97 Å². The lowest BCUT2D eigenvalue weighted by atomic mass is 9.79. The standard InChI is InChI=1S/C21H19N3O3/c1-21(2)17-10-16(27-3)8-9-18(17)23-19(21)14-11-22-24(12-14)15-6-4-13(5-7-15)20(25)26/h4-12H,1-3H3,(H,25,26). The van der Waals surface area contributed by atoms with Crippen LogP contribution in [0.15, 0.2) is 59.9 Å². The van der Waals surface area contributed by atoms with Gasteiger partial charge >= 0.3 is 5.97 Å². The summed E-state index contributed by atoms with van der Waals surface area (Å²) in [4.78, 5) is 15.8. The van der Waals surface area contributed by atoms with Gasteiger partial charge < -0.3 is 9.84 Å². The van der Waals surface area contributed by atoms with Crippen molar-refractivity contribution in [3.8, 4) is 11.4 Å². The molecule has 0 radical (unpaired) electrons. The van der Waals surface area contributed by atoms with Gasteiger partial charge in [0, 0.05) is 17.2 Å². The molecule has 4 rings (SSSR count). The Labute approximate surface area is 156 Å². The molecule has 1 N–H and O–H groups in total. The second-order valence-electron chi connectivity index (χ2n) is 6.99. The topological polar surface area (TPSA) is 76.7 Å². The van der Waals surface area contributed by atoms with Crippen LogP contribution in [0.3, 0.4) is 0 Å². The summed E-state index contributed by atoms with van der Waals surface area (Å²) in [6.45, 7) is 4.27. The lowest BCUT2D eigenvalue weighted by Gasteiger charge is -2.21. The first-order valence-electron chi connectivity index (χ1n) is 8.56. The largest absolute Gasteiger partial charge is 0.497 e. The van der Waals surface area contributed by atoms with Crippen molar-refractivity contribution < 1.29 is 14.6 Å². The molecule has 0 aliphatic carbocycles. The van der Waals surface area contributed by atoms with E-state index in [0.717, 1.165) is 34.0 Å². The number of ether oxygens (including phenoxy) is 1. The molecule has 0 saturated heterocycles. The van der Waals surface area contributed by atoms with Gasteiger partial charge in [-0.2, -0.15) is 5.10 Å². The first-order valence-corrected chi connectivity index (χ1v) is 8.56. The third kappa shape index (κ3) is 2.79. The molecule has 0 spiro atoms. The van der Waals surface area contributed by atoms with Crippen molar-refractivity contribution >= 4 is 17.4 Å². The fourth-order valence-corrected chi connectivity index (χ4v) is 3.40. The van der Waals surface area contributed by atoms with E-state index in [1.54, 1.807) is 42.3 Å². The van der Waals surface area contributed by atoms with E-state index in [4.69, 9.17) is 14.8 Å². The maximum Gasteiger partial charge on any atom is 0.335 e.